The SMILES string of the molecule is CC(=CC[C@H](OC(=O)CSC(C)(C)C(=O)C(C)Br)C(C)=Cc1csc(C)n1)CCC[C@H](C)CO. The Kier molecular flexibility index (Phi) is 13.9. The van der Waals surface area contributed by atoms with E-state index in [4.69, 9.17) is 4.74 Å². The number of Topliss-reactive ketones (excluding diaryl/α,β-unsaturated/α-hetero) is 1. The number of aliphatic hydroxyl groups is 1. The van der Waals surface area contributed by atoms with Crippen LogP contribution in [0.4, 0.5) is 0 Å². The Morgan fingerprint density at radius 1 is 1.32 bits per heavy atom. The molecular weight excluding hydrogens is 534 g/mol. The summed E-state index contributed by atoms with van der Waals surface area (Å²) in [6.07, 6.45) is 7.27. The molecule has 0 aliphatic rings. The highest BCUT2D eigenvalue weighted by Crippen LogP contribution is 2.29. The van der Waals surface area contributed by atoms with Crippen LogP contribution in [0, 0.1) is 12.8 Å². The first-order valence-electron chi connectivity index (χ1n) is 11.7. The first-order chi connectivity index (χ1) is 15.9. The van der Waals surface area contributed by atoms with E-state index in [1.165, 1.54) is 17.3 Å². The van der Waals surface area contributed by atoms with Gasteiger partial charge in [0.05, 0.1) is 26.0 Å². The predicted molar refractivity (Wildman–Crippen MR) is 149 cm³/mol. The van der Waals surface area contributed by atoms with Crippen molar-refractivity contribution in [3.8, 4) is 0 Å². The highest BCUT2D eigenvalue weighted by Gasteiger charge is 2.32. The fourth-order valence-corrected chi connectivity index (χ4v) is 5.47. The Bertz CT molecular complexity index is 861. The number of ketones is 1. The van der Waals surface area contributed by atoms with Gasteiger partial charge in [-0.3, -0.25) is 9.59 Å². The summed E-state index contributed by atoms with van der Waals surface area (Å²) < 4.78 is 5.21. The lowest BCUT2D eigenvalue weighted by molar-refractivity contribution is -0.143. The fourth-order valence-electron chi connectivity index (χ4n) is 3.31. The Balaban J connectivity index is 2.86. The number of thiazole rings is 1. The van der Waals surface area contributed by atoms with Gasteiger partial charge in [0.25, 0.3) is 0 Å². The topological polar surface area (TPSA) is 76.5 Å². The van der Waals surface area contributed by atoms with Crippen LogP contribution in [-0.4, -0.2) is 49.9 Å². The molecular formula is C26H40BrNO4S2. The number of esters is 1. The van der Waals surface area contributed by atoms with Gasteiger partial charge >= 0.3 is 5.97 Å². The maximum absolute atomic E-state index is 12.7. The molecule has 1 unspecified atom stereocenters. The third-order valence-corrected chi connectivity index (χ3v) is 8.07. The highest BCUT2D eigenvalue weighted by atomic mass is 79.9. The maximum atomic E-state index is 12.7. The summed E-state index contributed by atoms with van der Waals surface area (Å²) in [6.45, 7) is 13.8. The number of hydrogen-bond donors (Lipinski definition) is 1. The first kappa shape index (κ1) is 31.1. The molecule has 1 N–H and O–H groups in total. The average molecular weight is 575 g/mol. The van der Waals surface area contributed by atoms with Crippen molar-refractivity contribution in [2.45, 2.75) is 89.8 Å². The minimum atomic E-state index is -0.678. The summed E-state index contributed by atoms with van der Waals surface area (Å²) in [4.78, 5) is 29.3. The molecule has 1 rings (SSSR count). The van der Waals surface area contributed by atoms with E-state index < -0.39 is 10.9 Å². The smallest absolute Gasteiger partial charge is 0.316 e. The molecule has 1 aromatic rings. The normalized spacial score (nSPS) is 15.7. The lowest BCUT2D eigenvalue weighted by atomic mass is 10.0. The lowest BCUT2D eigenvalue weighted by Gasteiger charge is -2.24. The number of rotatable bonds is 15. The number of carbonyl (C=O) groups is 2. The van der Waals surface area contributed by atoms with E-state index in [1.54, 1.807) is 18.3 Å². The molecule has 192 valence electrons. The molecule has 0 saturated heterocycles. The van der Waals surface area contributed by atoms with Gasteiger partial charge in [0.1, 0.15) is 6.10 Å². The Morgan fingerprint density at radius 2 is 2.00 bits per heavy atom. The van der Waals surface area contributed by atoms with Gasteiger partial charge in [0, 0.05) is 18.4 Å². The molecule has 3 atom stereocenters. The van der Waals surface area contributed by atoms with Crippen LogP contribution in [0.1, 0.15) is 77.9 Å². The van der Waals surface area contributed by atoms with Crippen molar-refractivity contribution >= 4 is 56.9 Å². The Hall–Kier alpha value is -0.960. The number of alkyl halides is 1. The molecule has 1 aromatic heterocycles. The van der Waals surface area contributed by atoms with Gasteiger partial charge in [-0.2, -0.15) is 0 Å². The minimum Gasteiger partial charge on any atom is -0.457 e. The maximum Gasteiger partial charge on any atom is 0.316 e. The van der Waals surface area contributed by atoms with Crippen LogP contribution in [-0.2, 0) is 14.3 Å². The molecule has 0 fully saturated rings. The second-order valence-corrected chi connectivity index (χ2v) is 13.4. The van der Waals surface area contributed by atoms with Crippen LogP contribution in [0.3, 0.4) is 0 Å². The number of aryl methyl sites for hydroxylation is 1. The van der Waals surface area contributed by atoms with Crippen LogP contribution in [0.25, 0.3) is 6.08 Å². The zero-order valence-corrected chi connectivity index (χ0v) is 24.7. The Labute approximate surface area is 222 Å². The molecule has 0 bridgehead atoms. The third-order valence-electron chi connectivity index (χ3n) is 5.56. The fraction of sp³-hybridized carbons (Fsp3) is 0.654. The number of ether oxygens (including phenoxy) is 1. The standard InChI is InChI=1S/C26H40BrNO4S2/c1-17(9-8-10-18(2)14-29)11-12-23(19(3)13-22-15-33-21(5)28-22)32-24(30)16-34-26(6,7)25(31)20(4)27/h11,13,15,18,20,23,29H,8-10,12,14,16H2,1-7H3/t18-,20?,23-/m0/s1. The second kappa shape index (κ2) is 15.2. The van der Waals surface area contributed by atoms with E-state index in [0.29, 0.717) is 12.3 Å². The van der Waals surface area contributed by atoms with Gasteiger partial charge in [0.15, 0.2) is 5.78 Å². The summed E-state index contributed by atoms with van der Waals surface area (Å²) >= 11 is 6.22. The van der Waals surface area contributed by atoms with Crippen molar-refractivity contribution in [1.82, 2.24) is 4.98 Å². The first-order valence-corrected chi connectivity index (χ1v) is 14.5. The quantitative estimate of drug-likeness (QED) is 0.142. The molecule has 0 saturated carbocycles. The molecule has 34 heavy (non-hydrogen) atoms. The molecule has 0 spiro atoms. The monoisotopic (exact) mass is 573 g/mol. The van der Waals surface area contributed by atoms with Crippen LogP contribution in [0.5, 0.6) is 0 Å². The van der Waals surface area contributed by atoms with E-state index in [1.807, 2.05) is 46.1 Å². The molecule has 0 aliphatic heterocycles. The molecule has 1 heterocycles. The zero-order valence-electron chi connectivity index (χ0n) is 21.5. The van der Waals surface area contributed by atoms with E-state index in [9.17, 15) is 14.7 Å². The number of carbonyl (C=O) groups excluding carboxylic acids is 2. The number of hydrogen-bond acceptors (Lipinski definition) is 7. The number of nitrogens with zero attached hydrogens (tertiary/aromatic N) is 1. The Morgan fingerprint density at radius 3 is 2.56 bits per heavy atom. The van der Waals surface area contributed by atoms with Crippen molar-refractivity contribution in [3.05, 3.63) is 33.3 Å². The summed E-state index contributed by atoms with van der Waals surface area (Å²) in [7, 11) is 0. The lowest BCUT2D eigenvalue weighted by Crippen LogP contribution is -2.34. The largest absolute Gasteiger partial charge is 0.457 e. The van der Waals surface area contributed by atoms with Crippen molar-refractivity contribution in [3.63, 3.8) is 0 Å². The van der Waals surface area contributed by atoms with Crippen molar-refractivity contribution in [2.75, 3.05) is 12.4 Å². The number of aliphatic hydroxyl groups excluding tert-OH is 1. The molecule has 0 aliphatic carbocycles. The van der Waals surface area contributed by atoms with Gasteiger partial charge in [-0.15, -0.1) is 23.1 Å². The van der Waals surface area contributed by atoms with Gasteiger partial charge in [-0.1, -0.05) is 34.5 Å². The molecule has 5 nitrogen and oxygen atoms in total. The highest BCUT2D eigenvalue weighted by molar-refractivity contribution is 9.10. The van der Waals surface area contributed by atoms with Crippen molar-refractivity contribution < 1.29 is 19.4 Å². The summed E-state index contributed by atoms with van der Waals surface area (Å²) in [5, 5.41) is 12.2. The van der Waals surface area contributed by atoms with Crippen LogP contribution in [0.15, 0.2) is 22.6 Å². The van der Waals surface area contributed by atoms with E-state index in [0.717, 1.165) is 35.5 Å². The number of halogens is 1. The van der Waals surface area contributed by atoms with Gasteiger partial charge < -0.3 is 9.84 Å². The molecule has 0 aromatic carbocycles. The predicted octanol–water partition coefficient (Wildman–Crippen LogP) is 6.77. The molecule has 0 amide bonds. The van der Waals surface area contributed by atoms with E-state index >= 15 is 0 Å². The number of aromatic nitrogens is 1. The average Bonchev–Trinajstić information content (AvgIpc) is 3.18. The van der Waals surface area contributed by atoms with Crippen LogP contribution in [0.2, 0.25) is 0 Å². The summed E-state index contributed by atoms with van der Waals surface area (Å²) in [5.41, 5.74) is 3.05. The third kappa shape index (κ3) is 11.6. The minimum absolute atomic E-state index is 0.0471. The van der Waals surface area contributed by atoms with Gasteiger partial charge in [-0.05, 0) is 78.4 Å². The second-order valence-electron chi connectivity index (χ2n) is 9.40. The molecule has 0 radical (unpaired) electrons. The van der Waals surface area contributed by atoms with Gasteiger partial charge in [-0.25, -0.2) is 4.98 Å². The van der Waals surface area contributed by atoms with Crippen LogP contribution >= 0.6 is 39.0 Å². The summed E-state index contributed by atoms with van der Waals surface area (Å²) in [6, 6.07) is 0. The number of thioether (sulfide) groups is 1. The van der Waals surface area contributed by atoms with Gasteiger partial charge in [0.2, 0.25) is 0 Å². The van der Waals surface area contributed by atoms with Crippen molar-refractivity contribution in [1.29, 1.82) is 0 Å². The zero-order chi connectivity index (χ0) is 25.9. The van der Waals surface area contributed by atoms with Crippen LogP contribution < -0.4 is 0 Å². The number of allylic oxidation sites excluding steroid dienone is 1. The molecule has 8 heteroatoms. The summed E-state index contributed by atoms with van der Waals surface area (Å²) in [5.74, 6) is 0.142. The van der Waals surface area contributed by atoms with E-state index in [-0.39, 0.29) is 28.9 Å². The van der Waals surface area contributed by atoms with E-state index in [2.05, 4.69) is 33.9 Å². The van der Waals surface area contributed by atoms with Crippen molar-refractivity contribution in [2.24, 2.45) is 5.92 Å².